The molecule has 0 amide bonds. The van der Waals surface area contributed by atoms with Crippen molar-refractivity contribution < 1.29 is 9.53 Å². The number of ether oxygens (including phenoxy) is 1. The lowest BCUT2D eigenvalue weighted by atomic mass is 10.0. The highest BCUT2D eigenvalue weighted by atomic mass is 16.5. The van der Waals surface area contributed by atoms with Crippen molar-refractivity contribution in [3.8, 4) is 0 Å². The maximum atomic E-state index is 11.7. The fraction of sp³-hybridized carbons (Fsp3) is 0.909. The van der Waals surface area contributed by atoms with E-state index in [4.69, 9.17) is 4.74 Å². The van der Waals surface area contributed by atoms with Crippen LogP contribution in [-0.4, -0.2) is 43.0 Å². The summed E-state index contributed by atoms with van der Waals surface area (Å²) in [5.74, 6) is 0.561. The summed E-state index contributed by atoms with van der Waals surface area (Å²) in [5.41, 5.74) is 0. The van der Waals surface area contributed by atoms with Crippen LogP contribution in [0.25, 0.3) is 0 Å². The minimum absolute atomic E-state index is 0.199. The van der Waals surface area contributed by atoms with Crippen LogP contribution in [0.3, 0.4) is 0 Å². The van der Waals surface area contributed by atoms with Crippen LogP contribution in [0.15, 0.2) is 0 Å². The number of hydrogen-bond acceptors (Lipinski definition) is 3. The van der Waals surface area contributed by atoms with Crippen LogP contribution in [0, 0.1) is 5.92 Å². The van der Waals surface area contributed by atoms with Gasteiger partial charge in [0.25, 0.3) is 0 Å². The van der Waals surface area contributed by atoms with Gasteiger partial charge in [-0.25, -0.2) is 0 Å². The van der Waals surface area contributed by atoms with E-state index in [-0.39, 0.29) is 5.92 Å². The van der Waals surface area contributed by atoms with E-state index in [1.165, 1.54) is 0 Å². The molecule has 2 atom stereocenters. The van der Waals surface area contributed by atoms with Gasteiger partial charge in [-0.05, 0) is 13.3 Å². The van der Waals surface area contributed by atoms with E-state index in [0.717, 1.165) is 26.2 Å². The van der Waals surface area contributed by atoms with Gasteiger partial charge in [0.2, 0.25) is 0 Å². The van der Waals surface area contributed by atoms with Gasteiger partial charge in [-0.2, -0.15) is 0 Å². The van der Waals surface area contributed by atoms with E-state index >= 15 is 0 Å². The Morgan fingerprint density at radius 1 is 1.64 bits per heavy atom. The van der Waals surface area contributed by atoms with Gasteiger partial charge in [0.05, 0.1) is 19.8 Å². The van der Waals surface area contributed by atoms with Crippen molar-refractivity contribution in [3.05, 3.63) is 0 Å². The smallest absolute Gasteiger partial charge is 0.149 e. The first kappa shape index (κ1) is 11.7. The fourth-order valence-electron chi connectivity index (χ4n) is 1.58. The number of nitrogens with zero attached hydrogens (tertiary/aromatic N) is 1. The fourth-order valence-corrected chi connectivity index (χ4v) is 1.58. The summed E-state index contributed by atoms with van der Waals surface area (Å²) in [5, 5.41) is 0. The molecular weight excluding hydrogens is 178 g/mol. The molecule has 1 aliphatic rings. The second kappa shape index (κ2) is 5.47. The summed E-state index contributed by atoms with van der Waals surface area (Å²) in [6, 6.07) is 0.386. The number of carbonyl (C=O) groups is 1. The number of hydrogen-bond donors (Lipinski definition) is 0. The van der Waals surface area contributed by atoms with Gasteiger partial charge in [0.1, 0.15) is 5.78 Å². The first-order valence-electron chi connectivity index (χ1n) is 5.49. The van der Waals surface area contributed by atoms with Gasteiger partial charge in [-0.15, -0.1) is 0 Å². The SMILES string of the molecule is CCC(C)C(=O)CN1CCOCC1C. The molecule has 0 aromatic rings. The zero-order chi connectivity index (χ0) is 10.6. The second-order valence-electron chi connectivity index (χ2n) is 4.17. The molecule has 0 radical (unpaired) electrons. The van der Waals surface area contributed by atoms with Crippen molar-refractivity contribution in [2.75, 3.05) is 26.3 Å². The molecule has 3 nitrogen and oxygen atoms in total. The highest BCUT2D eigenvalue weighted by molar-refractivity contribution is 5.82. The van der Waals surface area contributed by atoms with Gasteiger partial charge in [0.15, 0.2) is 0 Å². The molecule has 0 N–H and O–H groups in total. The average molecular weight is 199 g/mol. The standard InChI is InChI=1S/C11H21NO2/c1-4-9(2)11(13)7-12-5-6-14-8-10(12)3/h9-10H,4-8H2,1-3H3. The monoisotopic (exact) mass is 199 g/mol. The zero-order valence-electron chi connectivity index (χ0n) is 9.45. The van der Waals surface area contributed by atoms with Crippen molar-refractivity contribution in [2.24, 2.45) is 5.92 Å². The quantitative estimate of drug-likeness (QED) is 0.684. The molecular formula is C11H21NO2. The minimum Gasteiger partial charge on any atom is -0.379 e. The molecule has 0 saturated carbocycles. The van der Waals surface area contributed by atoms with Crippen LogP contribution in [-0.2, 0) is 9.53 Å². The molecule has 0 aliphatic carbocycles. The molecule has 1 fully saturated rings. The zero-order valence-corrected chi connectivity index (χ0v) is 9.45. The van der Waals surface area contributed by atoms with Crippen molar-refractivity contribution in [3.63, 3.8) is 0 Å². The predicted octanol–water partition coefficient (Wildman–Crippen LogP) is 1.32. The van der Waals surface area contributed by atoms with Gasteiger partial charge in [-0.1, -0.05) is 13.8 Å². The highest BCUT2D eigenvalue weighted by Gasteiger charge is 2.22. The van der Waals surface area contributed by atoms with Gasteiger partial charge in [-0.3, -0.25) is 9.69 Å². The van der Waals surface area contributed by atoms with Gasteiger partial charge < -0.3 is 4.74 Å². The van der Waals surface area contributed by atoms with Crippen LogP contribution < -0.4 is 0 Å². The van der Waals surface area contributed by atoms with E-state index in [1.807, 2.05) is 6.92 Å². The number of carbonyl (C=O) groups excluding carboxylic acids is 1. The Morgan fingerprint density at radius 2 is 2.36 bits per heavy atom. The van der Waals surface area contributed by atoms with Crippen LogP contribution in [0.1, 0.15) is 27.2 Å². The Balaban J connectivity index is 2.38. The molecule has 0 bridgehead atoms. The Kier molecular flexibility index (Phi) is 4.55. The topological polar surface area (TPSA) is 29.5 Å². The molecule has 1 aliphatic heterocycles. The van der Waals surface area contributed by atoms with E-state index in [0.29, 0.717) is 18.4 Å². The van der Waals surface area contributed by atoms with E-state index in [1.54, 1.807) is 0 Å². The van der Waals surface area contributed by atoms with Crippen LogP contribution in [0.2, 0.25) is 0 Å². The summed E-state index contributed by atoms with van der Waals surface area (Å²) in [7, 11) is 0. The number of ketones is 1. The number of rotatable bonds is 4. The van der Waals surface area contributed by atoms with Gasteiger partial charge in [0, 0.05) is 18.5 Å². The number of Topliss-reactive ketones (excluding diaryl/α,β-unsaturated/α-hetero) is 1. The number of morpholine rings is 1. The van der Waals surface area contributed by atoms with Crippen molar-refractivity contribution in [1.82, 2.24) is 4.90 Å². The summed E-state index contributed by atoms with van der Waals surface area (Å²) >= 11 is 0. The highest BCUT2D eigenvalue weighted by Crippen LogP contribution is 2.09. The van der Waals surface area contributed by atoms with Crippen molar-refractivity contribution >= 4 is 5.78 Å². The summed E-state index contributed by atoms with van der Waals surface area (Å²) < 4.78 is 5.33. The molecule has 0 aromatic carbocycles. The molecule has 1 rings (SSSR count). The normalized spacial score (nSPS) is 26.1. The lowest BCUT2D eigenvalue weighted by Crippen LogP contribution is -2.46. The average Bonchev–Trinajstić information content (AvgIpc) is 2.20. The van der Waals surface area contributed by atoms with Crippen LogP contribution >= 0.6 is 0 Å². The molecule has 1 heterocycles. The third-order valence-corrected chi connectivity index (χ3v) is 3.03. The molecule has 1 saturated heterocycles. The minimum atomic E-state index is 0.199. The molecule has 2 unspecified atom stereocenters. The molecule has 82 valence electrons. The maximum absolute atomic E-state index is 11.7. The molecule has 3 heteroatoms. The first-order valence-corrected chi connectivity index (χ1v) is 5.49. The summed E-state index contributed by atoms with van der Waals surface area (Å²) in [4.78, 5) is 13.9. The lowest BCUT2D eigenvalue weighted by molar-refractivity contribution is -0.125. The Bertz CT molecular complexity index is 194. The van der Waals surface area contributed by atoms with E-state index < -0.39 is 0 Å². The Morgan fingerprint density at radius 3 is 2.93 bits per heavy atom. The Hall–Kier alpha value is -0.410. The van der Waals surface area contributed by atoms with Crippen molar-refractivity contribution in [2.45, 2.75) is 33.2 Å². The van der Waals surface area contributed by atoms with Crippen LogP contribution in [0.5, 0.6) is 0 Å². The third-order valence-electron chi connectivity index (χ3n) is 3.03. The van der Waals surface area contributed by atoms with E-state index in [2.05, 4.69) is 18.7 Å². The van der Waals surface area contributed by atoms with Gasteiger partial charge >= 0.3 is 0 Å². The first-order chi connectivity index (χ1) is 6.65. The molecule has 14 heavy (non-hydrogen) atoms. The third kappa shape index (κ3) is 3.07. The van der Waals surface area contributed by atoms with E-state index in [9.17, 15) is 4.79 Å². The maximum Gasteiger partial charge on any atom is 0.149 e. The lowest BCUT2D eigenvalue weighted by Gasteiger charge is -2.33. The van der Waals surface area contributed by atoms with Crippen molar-refractivity contribution in [1.29, 1.82) is 0 Å². The van der Waals surface area contributed by atoms with Crippen LogP contribution in [0.4, 0.5) is 0 Å². The molecule has 0 spiro atoms. The largest absolute Gasteiger partial charge is 0.379 e. The summed E-state index contributed by atoms with van der Waals surface area (Å²) in [6.45, 7) is 9.19. The molecule has 0 aromatic heterocycles. The Labute approximate surface area is 86.4 Å². The predicted molar refractivity (Wildman–Crippen MR) is 56.3 cm³/mol. The summed E-state index contributed by atoms with van der Waals surface area (Å²) in [6.07, 6.45) is 0.942. The second-order valence-corrected chi connectivity index (χ2v) is 4.17.